The third kappa shape index (κ3) is 2.87. The van der Waals surface area contributed by atoms with Crippen LogP contribution in [0.5, 0.6) is 0 Å². The van der Waals surface area contributed by atoms with Crippen molar-refractivity contribution in [3.63, 3.8) is 0 Å². The Morgan fingerprint density at radius 3 is 2.87 bits per heavy atom. The third-order valence-electron chi connectivity index (χ3n) is 4.67. The van der Waals surface area contributed by atoms with E-state index in [9.17, 15) is 23.1 Å². The number of carbonyl (C=O) groups is 1. The SMILES string of the molecule is O=C1NCCC[C@]12CN(c1cccc(C(F)(F)F)n1)CC[C@@H]2O. The van der Waals surface area contributed by atoms with E-state index in [1.54, 1.807) is 4.90 Å². The van der Waals surface area contributed by atoms with Gasteiger partial charge in [-0.05, 0) is 31.4 Å². The number of halogens is 3. The molecule has 1 spiro atoms. The van der Waals surface area contributed by atoms with Gasteiger partial charge in [-0.25, -0.2) is 4.98 Å². The van der Waals surface area contributed by atoms with Gasteiger partial charge >= 0.3 is 6.18 Å². The number of nitrogens with one attached hydrogen (secondary N) is 1. The summed E-state index contributed by atoms with van der Waals surface area (Å²) in [6.07, 6.45) is -3.71. The minimum absolute atomic E-state index is 0.175. The lowest BCUT2D eigenvalue weighted by Crippen LogP contribution is -2.61. The Bertz CT molecular complexity index is 608. The molecule has 1 aromatic rings. The highest BCUT2D eigenvalue weighted by Crippen LogP contribution is 2.39. The van der Waals surface area contributed by atoms with Gasteiger partial charge in [-0.3, -0.25) is 4.79 Å². The van der Waals surface area contributed by atoms with E-state index in [2.05, 4.69) is 10.3 Å². The topological polar surface area (TPSA) is 65.5 Å². The molecule has 3 rings (SSSR count). The molecule has 0 bridgehead atoms. The molecule has 0 aliphatic carbocycles. The maximum Gasteiger partial charge on any atom is 0.433 e. The van der Waals surface area contributed by atoms with E-state index in [-0.39, 0.29) is 18.3 Å². The maximum absolute atomic E-state index is 12.8. The zero-order chi connectivity index (χ0) is 16.7. The molecular weight excluding hydrogens is 311 g/mol. The fraction of sp³-hybridized carbons (Fsp3) is 0.600. The molecule has 8 heteroatoms. The fourth-order valence-corrected chi connectivity index (χ4v) is 3.40. The highest BCUT2D eigenvalue weighted by atomic mass is 19.4. The van der Waals surface area contributed by atoms with Crippen LogP contribution in [0.3, 0.4) is 0 Å². The van der Waals surface area contributed by atoms with Crippen molar-refractivity contribution < 1.29 is 23.1 Å². The molecule has 0 aromatic carbocycles. The van der Waals surface area contributed by atoms with Crippen molar-refractivity contribution in [2.24, 2.45) is 5.41 Å². The van der Waals surface area contributed by atoms with Crippen molar-refractivity contribution in [3.8, 4) is 0 Å². The van der Waals surface area contributed by atoms with Crippen molar-refractivity contribution in [1.82, 2.24) is 10.3 Å². The Morgan fingerprint density at radius 2 is 2.17 bits per heavy atom. The van der Waals surface area contributed by atoms with Gasteiger partial charge < -0.3 is 15.3 Å². The Morgan fingerprint density at radius 1 is 1.39 bits per heavy atom. The maximum atomic E-state index is 12.8. The summed E-state index contributed by atoms with van der Waals surface area (Å²) < 4.78 is 38.5. The molecule has 2 fully saturated rings. The van der Waals surface area contributed by atoms with Gasteiger partial charge in [-0.2, -0.15) is 13.2 Å². The fourth-order valence-electron chi connectivity index (χ4n) is 3.40. The van der Waals surface area contributed by atoms with Crippen molar-refractivity contribution in [3.05, 3.63) is 23.9 Å². The van der Waals surface area contributed by atoms with Gasteiger partial charge in [0, 0.05) is 19.6 Å². The summed E-state index contributed by atoms with van der Waals surface area (Å²) in [6.45, 7) is 1.11. The number of anilines is 1. The average Bonchev–Trinajstić information content (AvgIpc) is 2.52. The number of aliphatic hydroxyl groups is 1. The number of amides is 1. The second kappa shape index (κ2) is 5.67. The molecule has 0 unspecified atom stereocenters. The molecule has 5 nitrogen and oxygen atoms in total. The minimum atomic E-state index is -4.51. The summed E-state index contributed by atoms with van der Waals surface area (Å²) in [7, 11) is 0. The molecule has 1 aromatic heterocycles. The molecule has 2 saturated heterocycles. The van der Waals surface area contributed by atoms with Crippen molar-refractivity contribution in [2.75, 3.05) is 24.5 Å². The summed E-state index contributed by atoms with van der Waals surface area (Å²) in [4.78, 5) is 17.6. The van der Waals surface area contributed by atoms with Gasteiger partial charge in [-0.15, -0.1) is 0 Å². The molecule has 2 aliphatic rings. The highest BCUT2D eigenvalue weighted by Gasteiger charge is 2.50. The van der Waals surface area contributed by atoms with E-state index in [1.807, 2.05) is 0 Å². The van der Waals surface area contributed by atoms with Gasteiger partial charge in [0.25, 0.3) is 0 Å². The lowest BCUT2D eigenvalue weighted by molar-refractivity contribution is -0.143. The zero-order valence-electron chi connectivity index (χ0n) is 12.4. The van der Waals surface area contributed by atoms with E-state index in [0.29, 0.717) is 25.9 Å². The Hall–Kier alpha value is -1.83. The average molecular weight is 329 g/mol. The van der Waals surface area contributed by atoms with E-state index < -0.39 is 23.4 Å². The smallest absolute Gasteiger partial charge is 0.392 e. The standard InChI is InChI=1S/C15H18F3N3O2/c16-15(17,18)10-3-1-4-12(20-10)21-8-5-11(22)14(9-21)6-2-7-19-13(14)23/h1,3-4,11,22H,2,5-9H2,(H,19,23)/t11-,14+/m0/s1. The summed E-state index contributed by atoms with van der Waals surface area (Å²) in [5.74, 6) is -0.0441. The predicted octanol–water partition coefficient (Wildman–Crippen LogP) is 1.57. The number of carbonyl (C=O) groups excluding carboxylic acids is 1. The van der Waals surface area contributed by atoms with Crippen molar-refractivity contribution >= 4 is 11.7 Å². The van der Waals surface area contributed by atoms with Gasteiger partial charge in [-0.1, -0.05) is 6.07 Å². The van der Waals surface area contributed by atoms with Crippen LogP contribution in [-0.4, -0.2) is 41.7 Å². The van der Waals surface area contributed by atoms with Crippen LogP contribution in [0.15, 0.2) is 18.2 Å². The van der Waals surface area contributed by atoms with Crippen LogP contribution in [0.25, 0.3) is 0 Å². The van der Waals surface area contributed by atoms with Crippen LogP contribution in [-0.2, 0) is 11.0 Å². The zero-order valence-corrected chi connectivity index (χ0v) is 12.4. The van der Waals surface area contributed by atoms with Crippen LogP contribution >= 0.6 is 0 Å². The second-order valence-corrected chi connectivity index (χ2v) is 6.12. The summed E-state index contributed by atoms with van der Waals surface area (Å²) >= 11 is 0. The van der Waals surface area contributed by atoms with Crippen LogP contribution in [0.1, 0.15) is 25.0 Å². The number of aromatic nitrogens is 1. The molecule has 2 atom stereocenters. The number of aliphatic hydroxyl groups excluding tert-OH is 1. The number of piperidine rings is 2. The molecule has 0 saturated carbocycles. The lowest BCUT2D eigenvalue weighted by Gasteiger charge is -2.47. The molecule has 1 amide bonds. The number of alkyl halides is 3. The van der Waals surface area contributed by atoms with Crippen molar-refractivity contribution in [1.29, 1.82) is 0 Å². The molecule has 0 radical (unpaired) electrons. The Kier molecular flexibility index (Phi) is 3.95. The number of nitrogens with zero attached hydrogens (tertiary/aromatic N) is 2. The molecule has 126 valence electrons. The van der Waals surface area contributed by atoms with Gasteiger partial charge in [0.15, 0.2) is 0 Å². The summed E-state index contributed by atoms with van der Waals surface area (Å²) in [5.41, 5.74) is -1.92. The Balaban J connectivity index is 1.88. The van der Waals surface area contributed by atoms with E-state index >= 15 is 0 Å². The van der Waals surface area contributed by atoms with Crippen LogP contribution in [0.4, 0.5) is 19.0 Å². The van der Waals surface area contributed by atoms with Crippen LogP contribution in [0, 0.1) is 5.41 Å². The first-order valence-electron chi connectivity index (χ1n) is 7.58. The molecule has 23 heavy (non-hydrogen) atoms. The van der Waals surface area contributed by atoms with E-state index in [0.717, 1.165) is 12.5 Å². The first-order valence-corrected chi connectivity index (χ1v) is 7.58. The largest absolute Gasteiger partial charge is 0.433 e. The van der Waals surface area contributed by atoms with E-state index in [4.69, 9.17) is 0 Å². The van der Waals surface area contributed by atoms with E-state index in [1.165, 1.54) is 12.1 Å². The van der Waals surface area contributed by atoms with Crippen LogP contribution in [0.2, 0.25) is 0 Å². The quantitative estimate of drug-likeness (QED) is 0.821. The number of hydrogen-bond acceptors (Lipinski definition) is 4. The third-order valence-corrected chi connectivity index (χ3v) is 4.67. The lowest BCUT2D eigenvalue weighted by atomic mass is 9.71. The summed E-state index contributed by atoms with van der Waals surface area (Å²) in [5, 5.41) is 13.1. The monoisotopic (exact) mass is 329 g/mol. The van der Waals surface area contributed by atoms with Crippen LogP contribution < -0.4 is 10.2 Å². The second-order valence-electron chi connectivity index (χ2n) is 6.12. The molecule has 2 aliphatic heterocycles. The number of pyridine rings is 1. The highest BCUT2D eigenvalue weighted by molar-refractivity contribution is 5.85. The molecular formula is C15H18F3N3O2. The molecule has 2 N–H and O–H groups in total. The predicted molar refractivity (Wildman–Crippen MR) is 76.8 cm³/mol. The molecule has 3 heterocycles. The van der Waals surface area contributed by atoms with Gasteiger partial charge in [0.2, 0.25) is 5.91 Å². The van der Waals surface area contributed by atoms with Gasteiger partial charge in [0.05, 0.1) is 11.5 Å². The Labute approximate surface area is 131 Å². The normalized spacial score (nSPS) is 28.8. The van der Waals surface area contributed by atoms with Gasteiger partial charge in [0.1, 0.15) is 11.5 Å². The first-order chi connectivity index (χ1) is 10.8. The number of rotatable bonds is 1. The minimum Gasteiger partial charge on any atom is -0.392 e. The first kappa shape index (κ1) is 16.0. The van der Waals surface area contributed by atoms with Crippen molar-refractivity contribution in [2.45, 2.75) is 31.5 Å². The summed E-state index contributed by atoms with van der Waals surface area (Å²) in [6, 6.07) is 3.73. The number of hydrogen-bond donors (Lipinski definition) is 2.